The molecule has 27 heavy (non-hydrogen) atoms. The molecule has 6 heteroatoms. The fourth-order valence-electron chi connectivity index (χ4n) is 2.72. The van der Waals surface area contributed by atoms with E-state index in [0.717, 1.165) is 31.2 Å². The fourth-order valence-corrected chi connectivity index (χ4v) is 2.72. The predicted molar refractivity (Wildman–Crippen MR) is 105 cm³/mol. The molecule has 6 nitrogen and oxygen atoms in total. The van der Waals surface area contributed by atoms with Crippen LogP contribution in [0.3, 0.4) is 0 Å². The van der Waals surface area contributed by atoms with Crippen LogP contribution in [0.4, 0.5) is 0 Å². The zero-order chi connectivity index (χ0) is 20.2. The molecular formula is C21H32N2O4. The number of amides is 2. The van der Waals surface area contributed by atoms with Gasteiger partial charge in [0.15, 0.2) is 0 Å². The summed E-state index contributed by atoms with van der Waals surface area (Å²) in [4.78, 5) is 35.9. The maximum absolute atomic E-state index is 12.4. The first-order valence-electron chi connectivity index (χ1n) is 9.57. The first kappa shape index (κ1) is 22.7. The molecule has 0 aliphatic carbocycles. The van der Waals surface area contributed by atoms with Crippen LogP contribution in [0, 0.1) is 12.8 Å². The number of nitrogens with one attached hydrogen (secondary N) is 2. The third kappa shape index (κ3) is 8.71. The molecule has 2 amide bonds. The van der Waals surface area contributed by atoms with E-state index in [1.54, 1.807) is 12.1 Å². The molecule has 0 saturated carbocycles. The molecule has 0 saturated heterocycles. The number of esters is 1. The Labute approximate surface area is 162 Å². The van der Waals surface area contributed by atoms with Gasteiger partial charge in [0, 0.05) is 18.5 Å². The second kappa shape index (κ2) is 12.1. The van der Waals surface area contributed by atoms with Crippen molar-refractivity contribution in [2.75, 3.05) is 13.7 Å². The number of unbranched alkanes of at least 4 members (excludes halogenated alkanes) is 3. The number of carbonyl (C=O) groups excluding carboxylic acids is 3. The molecule has 1 unspecified atom stereocenters. The first-order valence-corrected chi connectivity index (χ1v) is 9.57. The van der Waals surface area contributed by atoms with Crippen LogP contribution in [0.1, 0.15) is 61.9 Å². The molecule has 0 heterocycles. The molecule has 1 atom stereocenters. The van der Waals surface area contributed by atoms with E-state index >= 15 is 0 Å². The van der Waals surface area contributed by atoms with E-state index in [9.17, 15) is 14.4 Å². The molecule has 0 aliphatic heterocycles. The highest BCUT2D eigenvalue weighted by Gasteiger charge is 2.24. The van der Waals surface area contributed by atoms with Crippen molar-refractivity contribution >= 4 is 17.8 Å². The highest BCUT2D eigenvalue weighted by atomic mass is 16.5. The SMILES string of the molecule is COC(=O)CCCCCCNC(=O)C(NC(=O)c1cccc(C)c1)C(C)C. The zero-order valence-corrected chi connectivity index (χ0v) is 16.8. The standard InChI is InChI=1S/C21H32N2O4/c1-15(2)19(23-20(25)17-11-9-10-16(3)14-17)21(26)22-13-8-6-5-7-12-18(24)27-4/h9-11,14-15,19H,5-8,12-13H2,1-4H3,(H,22,26)(H,23,25). The van der Waals surface area contributed by atoms with Gasteiger partial charge in [-0.2, -0.15) is 0 Å². The monoisotopic (exact) mass is 376 g/mol. The minimum absolute atomic E-state index is 0.0150. The Kier molecular flexibility index (Phi) is 10.2. The summed E-state index contributed by atoms with van der Waals surface area (Å²) >= 11 is 0. The molecule has 2 N–H and O–H groups in total. The van der Waals surface area contributed by atoms with Crippen LogP contribution in [-0.2, 0) is 14.3 Å². The summed E-state index contributed by atoms with van der Waals surface area (Å²) in [5.41, 5.74) is 1.56. The topological polar surface area (TPSA) is 84.5 Å². The second-order valence-corrected chi connectivity index (χ2v) is 7.10. The Morgan fingerprint density at radius 2 is 1.78 bits per heavy atom. The Morgan fingerprint density at radius 1 is 1.07 bits per heavy atom. The largest absolute Gasteiger partial charge is 0.469 e. The average Bonchev–Trinajstić information content (AvgIpc) is 2.64. The fraction of sp³-hybridized carbons (Fsp3) is 0.571. The number of ether oxygens (including phenoxy) is 1. The number of methoxy groups -OCH3 is 1. The lowest BCUT2D eigenvalue weighted by Crippen LogP contribution is -2.49. The number of benzene rings is 1. The Morgan fingerprint density at radius 3 is 2.41 bits per heavy atom. The van der Waals surface area contributed by atoms with Gasteiger partial charge in [-0.1, -0.05) is 44.4 Å². The number of carbonyl (C=O) groups is 3. The quantitative estimate of drug-likeness (QED) is 0.459. The molecule has 1 aromatic rings. The van der Waals surface area contributed by atoms with E-state index in [2.05, 4.69) is 15.4 Å². The van der Waals surface area contributed by atoms with Crippen LogP contribution >= 0.6 is 0 Å². The van der Waals surface area contributed by atoms with Gasteiger partial charge >= 0.3 is 5.97 Å². The van der Waals surface area contributed by atoms with Crippen molar-refractivity contribution in [2.24, 2.45) is 5.92 Å². The average molecular weight is 376 g/mol. The molecule has 1 aromatic carbocycles. The normalized spacial score (nSPS) is 11.7. The second-order valence-electron chi connectivity index (χ2n) is 7.10. The summed E-state index contributed by atoms with van der Waals surface area (Å²) in [6.45, 7) is 6.30. The Bertz CT molecular complexity index is 628. The molecule has 0 spiro atoms. The van der Waals surface area contributed by atoms with Gasteiger partial charge in [-0.25, -0.2) is 0 Å². The van der Waals surface area contributed by atoms with Crippen LogP contribution in [0.25, 0.3) is 0 Å². The van der Waals surface area contributed by atoms with Crippen LogP contribution in [-0.4, -0.2) is 37.5 Å². The van der Waals surface area contributed by atoms with Crippen LogP contribution < -0.4 is 10.6 Å². The first-order chi connectivity index (χ1) is 12.8. The van der Waals surface area contributed by atoms with Crippen molar-refractivity contribution in [3.8, 4) is 0 Å². The minimum Gasteiger partial charge on any atom is -0.469 e. The zero-order valence-electron chi connectivity index (χ0n) is 16.8. The van der Waals surface area contributed by atoms with Gasteiger partial charge in [0.2, 0.25) is 5.91 Å². The minimum atomic E-state index is -0.572. The van der Waals surface area contributed by atoms with Crippen molar-refractivity contribution < 1.29 is 19.1 Å². The van der Waals surface area contributed by atoms with E-state index in [1.165, 1.54) is 7.11 Å². The maximum Gasteiger partial charge on any atom is 0.305 e. The summed E-state index contributed by atoms with van der Waals surface area (Å²) in [6, 6.07) is 6.73. The van der Waals surface area contributed by atoms with Gasteiger partial charge in [0.1, 0.15) is 6.04 Å². The Balaban J connectivity index is 2.38. The molecular weight excluding hydrogens is 344 g/mol. The van der Waals surface area contributed by atoms with E-state index in [0.29, 0.717) is 18.5 Å². The van der Waals surface area contributed by atoms with Crippen molar-refractivity contribution in [3.63, 3.8) is 0 Å². The predicted octanol–water partition coefficient (Wildman–Crippen LogP) is 2.99. The van der Waals surface area contributed by atoms with Crippen LogP contribution in [0.2, 0.25) is 0 Å². The highest BCUT2D eigenvalue weighted by Crippen LogP contribution is 2.08. The van der Waals surface area contributed by atoms with E-state index < -0.39 is 6.04 Å². The number of hydrogen-bond acceptors (Lipinski definition) is 4. The van der Waals surface area contributed by atoms with Gasteiger partial charge in [-0.05, 0) is 37.8 Å². The summed E-state index contributed by atoms with van der Waals surface area (Å²) in [5, 5.41) is 5.74. The molecule has 0 radical (unpaired) electrons. The van der Waals surface area contributed by atoms with Crippen molar-refractivity contribution in [1.82, 2.24) is 10.6 Å². The van der Waals surface area contributed by atoms with E-state index in [4.69, 9.17) is 0 Å². The van der Waals surface area contributed by atoms with Gasteiger partial charge < -0.3 is 15.4 Å². The smallest absolute Gasteiger partial charge is 0.305 e. The summed E-state index contributed by atoms with van der Waals surface area (Å²) < 4.78 is 4.60. The van der Waals surface area contributed by atoms with Gasteiger partial charge in [-0.3, -0.25) is 14.4 Å². The summed E-state index contributed by atoms with van der Waals surface area (Å²) in [5.74, 6) is -0.609. The highest BCUT2D eigenvalue weighted by molar-refractivity contribution is 5.97. The molecule has 150 valence electrons. The van der Waals surface area contributed by atoms with E-state index in [-0.39, 0.29) is 23.7 Å². The van der Waals surface area contributed by atoms with Crippen LogP contribution in [0.15, 0.2) is 24.3 Å². The third-order valence-electron chi connectivity index (χ3n) is 4.35. The van der Waals surface area contributed by atoms with E-state index in [1.807, 2.05) is 32.9 Å². The lowest BCUT2D eigenvalue weighted by molar-refractivity contribution is -0.140. The van der Waals surface area contributed by atoms with Crippen molar-refractivity contribution in [3.05, 3.63) is 35.4 Å². The van der Waals surface area contributed by atoms with Gasteiger partial charge in [0.25, 0.3) is 5.91 Å². The molecule has 1 rings (SSSR count). The summed E-state index contributed by atoms with van der Waals surface area (Å²) in [6.07, 6.45) is 3.91. The van der Waals surface area contributed by atoms with Gasteiger partial charge in [-0.15, -0.1) is 0 Å². The molecule has 0 aromatic heterocycles. The number of aryl methyl sites for hydroxylation is 1. The number of rotatable bonds is 11. The molecule has 0 bridgehead atoms. The third-order valence-corrected chi connectivity index (χ3v) is 4.35. The maximum atomic E-state index is 12.4. The number of hydrogen-bond donors (Lipinski definition) is 2. The summed E-state index contributed by atoms with van der Waals surface area (Å²) in [7, 11) is 1.39. The van der Waals surface area contributed by atoms with Crippen LogP contribution in [0.5, 0.6) is 0 Å². The molecule has 0 aliphatic rings. The Hall–Kier alpha value is -2.37. The lowest BCUT2D eigenvalue weighted by Gasteiger charge is -2.22. The van der Waals surface area contributed by atoms with Gasteiger partial charge in [0.05, 0.1) is 7.11 Å². The van der Waals surface area contributed by atoms with Crippen molar-refractivity contribution in [2.45, 2.75) is 58.9 Å². The van der Waals surface area contributed by atoms with Crippen molar-refractivity contribution in [1.29, 1.82) is 0 Å². The molecule has 0 fully saturated rings. The lowest BCUT2D eigenvalue weighted by atomic mass is 10.0.